The Morgan fingerprint density at radius 1 is 1.30 bits per heavy atom. The molecule has 1 aliphatic rings. The molecule has 1 aromatic carbocycles. The fourth-order valence-corrected chi connectivity index (χ4v) is 2.69. The molecule has 1 heterocycles. The number of hydrogen-bond donors (Lipinski definition) is 2. The number of benzene rings is 1. The number of anilines is 1. The van der Waals surface area contributed by atoms with Crippen molar-refractivity contribution in [1.29, 1.82) is 0 Å². The topological polar surface area (TPSA) is 88.1 Å². The van der Waals surface area contributed by atoms with Gasteiger partial charge in [-0.3, -0.25) is 4.79 Å². The number of amides is 2. The van der Waals surface area contributed by atoms with Crippen molar-refractivity contribution in [2.45, 2.75) is 13.3 Å². The maximum Gasteiger partial charge on any atom is 0.321 e. The van der Waals surface area contributed by atoms with E-state index in [0.29, 0.717) is 35.2 Å². The van der Waals surface area contributed by atoms with Crippen LogP contribution in [0, 0.1) is 5.41 Å². The molecule has 1 unspecified atom stereocenters. The highest BCUT2D eigenvalue weighted by atomic mass is 35.5. The molecule has 0 aromatic heterocycles. The van der Waals surface area contributed by atoms with E-state index in [1.54, 1.807) is 19.1 Å². The summed E-state index contributed by atoms with van der Waals surface area (Å²) in [6, 6.07) is 2.71. The lowest BCUT2D eigenvalue weighted by Gasteiger charge is -2.21. The summed E-state index contributed by atoms with van der Waals surface area (Å²) in [6.45, 7) is 2.16. The van der Waals surface area contributed by atoms with E-state index in [1.165, 1.54) is 19.1 Å². The molecular weight excluding hydrogens is 324 g/mol. The summed E-state index contributed by atoms with van der Waals surface area (Å²) in [5, 5.41) is 12.3. The molecule has 1 fully saturated rings. The maximum absolute atomic E-state index is 12.4. The molecule has 2 rings (SSSR count). The number of nitrogens with one attached hydrogen (secondary N) is 1. The van der Waals surface area contributed by atoms with Crippen molar-refractivity contribution >= 4 is 29.3 Å². The third kappa shape index (κ3) is 3.44. The van der Waals surface area contributed by atoms with Crippen molar-refractivity contribution in [3.63, 3.8) is 0 Å². The zero-order valence-electron chi connectivity index (χ0n) is 13.2. The van der Waals surface area contributed by atoms with Gasteiger partial charge in [0.15, 0.2) is 0 Å². The van der Waals surface area contributed by atoms with Crippen LogP contribution >= 0.6 is 11.6 Å². The summed E-state index contributed by atoms with van der Waals surface area (Å²) >= 11 is 6.02. The standard InChI is InChI=1S/C15H19ClN2O5/c1-15(13(19)20)4-5-18(8-15)14(21)17-10-7-11(22-2)9(16)6-12(10)23-3/h6-7H,4-5,8H2,1-3H3,(H,17,21)(H,19,20). The number of hydrogen-bond acceptors (Lipinski definition) is 4. The molecule has 0 radical (unpaired) electrons. The predicted molar refractivity (Wildman–Crippen MR) is 85.5 cm³/mol. The minimum atomic E-state index is -0.918. The van der Waals surface area contributed by atoms with Crippen molar-refractivity contribution < 1.29 is 24.2 Å². The summed E-state index contributed by atoms with van der Waals surface area (Å²) in [4.78, 5) is 25.1. The lowest BCUT2D eigenvalue weighted by Crippen LogP contribution is -2.37. The first-order valence-electron chi connectivity index (χ1n) is 7.01. The van der Waals surface area contributed by atoms with Crippen LogP contribution in [-0.4, -0.2) is 49.3 Å². The minimum absolute atomic E-state index is 0.154. The number of nitrogens with zero attached hydrogens (tertiary/aromatic N) is 1. The first kappa shape index (κ1) is 17.2. The number of likely N-dealkylation sites (tertiary alicyclic amines) is 1. The number of carbonyl (C=O) groups is 2. The van der Waals surface area contributed by atoms with E-state index in [2.05, 4.69) is 5.32 Å². The van der Waals surface area contributed by atoms with Gasteiger partial charge in [-0.05, 0) is 13.3 Å². The first-order chi connectivity index (χ1) is 10.8. The van der Waals surface area contributed by atoms with Crippen molar-refractivity contribution in [3.8, 4) is 11.5 Å². The van der Waals surface area contributed by atoms with Gasteiger partial charge in [-0.25, -0.2) is 4.79 Å². The third-order valence-corrected chi connectivity index (χ3v) is 4.29. The largest absolute Gasteiger partial charge is 0.495 e. The Hall–Kier alpha value is -2.15. The van der Waals surface area contributed by atoms with E-state index >= 15 is 0 Å². The lowest BCUT2D eigenvalue weighted by molar-refractivity contribution is -0.146. The van der Waals surface area contributed by atoms with E-state index in [0.717, 1.165) is 0 Å². The molecule has 2 amide bonds. The van der Waals surface area contributed by atoms with Crippen LogP contribution in [0.25, 0.3) is 0 Å². The van der Waals surface area contributed by atoms with Gasteiger partial charge in [-0.15, -0.1) is 0 Å². The molecule has 23 heavy (non-hydrogen) atoms. The number of ether oxygens (including phenoxy) is 2. The number of halogens is 1. The number of carboxylic acids is 1. The average Bonchev–Trinajstić information content (AvgIpc) is 2.92. The monoisotopic (exact) mass is 342 g/mol. The Labute approximate surface area is 139 Å². The quantitative estimate of drug-likeness (QED) is 0.878. The molecule has 0 saturated carbocycles. The maximum atomic E-state index is 12.4. The number of carbonyl (C=O) groups excluding carboxylic acids is 1. The molecule has 126 valence electrons. The van der Waals surface area contributed by atoms with E-state index in [-0.39, 0.29) is 6.54 Å². The molecule has 0 aliphatic carbocycles. The highest BCUT2D eigenvalue weighted by Gasteiger charge is 2.42. The van der Waals surface area contributed by atoms with Gasteiger partial charge >= 0.3 is 12.0 Å². The second kappa shape index (κ2) is 6.54. The summed E-state index contributed by atoms with van der Waals surface area (Å²) in [6.07, 6.45) is 0.414. The third-order valence-electron chi connectivity index (χ3n) is 3.99. The van der Waals surface area contributed by atoms with Crippen molar-refractivity contribution in [2.75, 3.05) is 32.6 Å². The molecule has 7 nitrogen and oxygen atoms in total. The van der Waals surface area contributed by atoms with Crippen molar-refractivity contribution in [2.24, 2.45) is 5.41 Å². The molecule has 1 atom stereocenters. The highest BCUT2D eigenvalue weighted by Crippen LogP contribution is 2.36. The van der Waals surface area contributed by atoms with Gasteiger partial charge in [0.1, 0.15) is 11.5 Å². The van der Waals surface area contributed by atoms with Gasteiger partial charge in [0, 0.05) is 25.2 Å². The Bertz CT molecular complexity index is 637. The Kier molecular flexibility index (Phi) is 4.89. The van der Waals surface area contributed by atoms with Crippen LogP contribution in [0.5, 0.6) is 11.5 Å². The van der Waals surface area contributed by atoms with Crippen molar-refractivity contribution in [3.05, 3.63) is 17.2 Å². The first-order valence-corrected chi connectivity index (χ1v) is 7.39. The van der Waals surface area contributed by atoms with Gasteiger partial charge in [-0.1, -0.05) is 11.6 Å². The zero-order chi connectivity index (χ0) is 17.2. The Morgan fingerprint density at radius 2 is 1.96 bits per heavy atom. The fraction of sp³-hybridized carbons (Fsp3) is 0.467. The number of rotatable bonds is 4. The van der Waals surface area contributed by atoms with E-state index < -0.39 is 17.4 Å². The Morgan fingerprint density at radius 3 is 2.48 bits per heavy atom. The molecule has 1 aliphatic heterocycles. The van der Waals surface area contributed by atoms with Gasteiger partial charge in [-0.2, -0.15) is 0 Å². The van der Waals surface area contributed by atoms with Crippen LogP contribution < -0.4 is 14.8 Å². The van der Waals surface area contributed by atoms with E-state index in [1.807, 2.05) is 0 Å². The predicted octanol–water partition coefficient (Wildman–Crippen LogP) is 2.69. The molecule has 1 saturated heterocycles. The molecule has 0 spiro atoms. The molecule has 1 aromatic rings. The van der Waals surface area contributed by atoms with E-state index in [9.17, 15) is 14.7 Å². The van der Waals surface area contributed by atoms with Crippen LogP contribution in [0.3, 0.4) is 0 Å². The van der Waals surface area contributed by atoms with Crippen LogP contribution in [0.4, 0.5) is 10.5 Å². The normalized spacial score (nSPS) is 20.3. The SMILES string of the molecule is COc1cc(NC(=O)N2CCC(C)(C(=O)O)C2)c(OC)cc1Cl. The van der Waals surface area contributed by atoms with E-state index in [4.69, 9.17) is 21.1 Å². The van der Waals surface area contributed by atoms with Gasteiger partial charge in [0.25, 0.3) is 0 Å². The van der Waals surface area contributed by atoms with Crippen LogP contribution in [0.2, 0.25) is 5.02 Å². The summed E-state index contributed by atoms with van der Waals surface area (Å²) < 4.78 is 10.3. The number of urea groups is 1. The lowest BCUT2D eigenvalue weighted by atomic mass is 9.90. The summed E-state index contributed by atoms with van der Waals surface area (Å²) in [7, 11) is 2.93. The van der Waals surface area contributed by atoms with Crippen LogP contribution in [0.15, 0.2) is 12.1 Å². The minimum Gasteiger partial charge on any atom is -0.495 e. The van der Waals surface area contributed by atoms with Gasteiger partial charge in [0.2, 0.25) is 0 Å². The zero-order valence-corrected chi connectivity index (χ0v) is 13.9. The molecule has 2 N–H and O–H groups in total. The number of methoxy groups -OCH3 is 2. The second-order valence-corrected chi connectivity index (χ2v) is 6.06. The average molecular weight is 343 g/mol. The summed E-state index contributed by atoms with van der Waals surface area (Å²) in [5.41, 5.74) is -0.512. The molecule has 8 heteroatoms. The summed E-state index contributed by atoms with van der Waals surface area (Å²) in [5.74, 6) is -0.109. The smallest absolute Gasteiger partial charge is 0.321 e. The van der Waals surface area contributed by atoms with Gasteiger partial charge in [0.05, 0.1) is 30.3 Å². The highest BCUT2D eigenvalue weighted by molar-refractivity contribution is 6.32. The fourth-order valence-electron chi connectivity index (χ4n) is 2.46. The van der Waals surface area contributed by atoms with Crippen molar-refractivity contribution in [1.82, 2.24) is 4.90 Å². The molecule has 0 bridgehead atoms. The van der Waals surface area contributed by atoms with Crippen LogP contribution in [0.1, 0.15) is 13.3 Å². The number of carboxylic acid groups (broad SMARTS) is 1. The Balaban J connectivity index is 2.16. The molecular formula is C15H19ClN2O5. The second-order valence-electron chi connectivity index (χ2n) is 5.65. The number of aliphatic carboxylic acids is 1. The van der Waals surface area contributed by atoms with Crippen LogP contribution in [-0.2, 0) is 4.79 Å². The van der Waals surface area contributed by atoms with Gasteiger partial charge < -0.3 is 24.8 Å².